The Kier molecular flexibility index (Phi) is 5.38. The standard InChI is InChI=1S/C21H25FN6O/c1-26(2)28-6-4-14(5-7-28)21(29)11-17-9-15-8-16(20-13-27(3)25-24-20)10-19(22)18(15)12-23-17/h8-10,12-14H,4-7,11H2,1-3H3. The van der Waals surface area contributed by atoms with Crippen molar-refractivity contribution in [1.82, 2.24) is 30.0 Å². The summed E-state index contributed by atoms with van der Waals surface area (Å²) in [5, 5.41) is 13.4. The molecule has 7 nitrogen and oxygen atoms in total. The molecule has 1 fully saturated rings. The van der Waals surface area contributed by atoms with E-state index in [4.69, 9.17) is 0 Å². The van der Waals surface area contributed by atoms with Gasteiger partial charge in [-0.3, -0.25) is 14.5 Å². The predicted molar refractivity (Wildman–Crippen MR) is 108 cm³/mol. The minimum atomic E-state index is -0.357. The van der Waals surface area contributed by atoms with Crippen LogP contribution in [0, 0.1) is 11.7 Å². The molecule has 152 valence electrons. The number of Topliss-reactive ketones (excluding diaryl/α,β-unsaturated/α-hetero) is 1. The van der Waals surface area contributed by atoms with Gasteiger partial charge in [0.15, 0.2) is 0 Å². The number of ketones is 1. The van der Waals surface area contributed by atoms with Gasteiger partial charge in [0.05, 0.1) is 6.20 Å². The third kappa shape index (κ3) is 4.18. The van der Waals surface area contributed by atoms with Crippen LogP contribution in [0.1, 0.15) is 18.5 Å². The van der Waals surface area contributed by atoms with Gasteiger partial charge in [-0.2, -0.15) is 0 Å². The maximum absolute atomic E-state index is 14.6. The molecule has 29 heavy (non-hydrogen) atoms. The van der Waals surface area contributed by atoms with E-state index in [1.165, 1.54) is 12.3 Å². The second-order valence-corrected chi connectivity index (χ2v) is 7.85. The van der Waals surface area contributed by atoms with Crippen molar-refractivity contribution >= 4 is 16.6 Å². The van der Waals surface area contributed by atoms with E-state index in [2.05, 4.69) is 25.3 Å². The highest BCUT2D eigenvalue weighted by Crippen LogP contribution is 2.27. The van der Waals surface area contributed by atoms with Crippen molar-refractivity contribution in [2.75, 3.05) is 27.2 Å². The first kappa shape index (κ1) is 19.6. The molecule has 3 aromatic rings. The zero-order valence-corrected chi connectivity index (χ0v) is 17.0. The van der Waals surface area contributed by atoms with E-state index in [1.54, 1.807) is 17.9 Å². The number of carbonyl (C=O) groups excluding carboxylic acids is 1. The summed E-state index contributed by atoms with van der Waals surface area (Å²) in [6.45, 7) is 1.78. The van der Waals surface area contributed by atoms with E-state index in [0.717, 1.165) is 25.9 Å². The fourth-order valence-electron chi connectivity index (χ4n) is 3.89. The van der Waals surface area contributed by atoms with Crippen molar-refractivity contribution in [3.8, 4) is 11.3 Å². The van der Waals surface area contributed by atoms with Crippen LogP contribution < -0.4 is 0 Å². The zero-order valence-electron chi connectivity index (χ0n) is 17.0. The molecule has 0 spiro atoms. The maximum atomic E-state index is 14.6. The van der Waals surface area contributed by atoms with Crippen molar-refractivity contribution in [2.24, 2.45) is 13.0 Å². The molecule has 1 aliphatic heterocycles. The van der Waals surface area contributed by atoms with Crippen molar-refractivity contribution in [3.63, 3.8) is 0 Å². The molecule has 0 N–H and O–H groups in total. The van der Waals surface area contributed by atoms with Crippen LogP contribution in [-0.2, 0) is 18.3 Å². The van der Waals surface area contributed by atoms with Crippen LogP contribution in [0.5, 0.6) is 0 Å². The van der Waals surface area contributed by atoms with E-state index in [-0.39, 0.29) is 23.9 Å². The summed E-state index contributed by atoms with van der Waals surface area (Å²) in [5.74, 6) is -0.0863. The van der Waals surface area contributed by atoms with Crippen molar-refractivity contribution < 1.29 is 9.18 Å². The number of rotatable bonds is 5. The number of hydrazine groups is 1. The van der Waals surface area contributed by atoms with E-state index in [1.807, 2.05) is 26.2 Å². The Hall–Kier alpha value is -2.71. The van der Waals surface area contributed by atoms with Crippen LogP contribution in [-0.4, -0.2) is 63.0 Å². The second-order valence-electron chi connectivity index (χ2n) is 7.85. The Bertz CT molecular complexity index is 1040. The summed E-state index contributed by atoms with van der Waals surface area (Å²) in [4.78, 5) is 17.1. The average Bonchev–Trinajstić information content (AvgIpc) is 3.14. The van der Waals surface area contributed by atoms with Crippen molar-refractivity contribution in [1.29, 1.82) is 0 Å². The first-order valence-electron chi connectivity index (χ1n) is 9.80. The van der Waals surface area contributed by atoms with E-state index >= 15 is 0 Å². The van der Waals surface area contributed by atoms with E-state index < -0.39 is 0 Å². The Morgan fingerprint density at radius 2 is 2.00 bits per heavy atom. The van der Waals surface area contributed by atoms with Gasteiger partial charge < -0.3 is 0 Å². The van der Waals surface area contributed by atoms with Gasteiger partial charge in [0.25, 0.3) is 0 Å². The van der Waals surface area contributed by atoms with Gasteiger partial charge in [0.2, 0.25) is 0 Å². The molecule has 2 aromatic heterocycles. The number of hydrogen-bond acceptors (Lipinski definition) is 6. The predicted octanol–water partition coefficient (Wildman–Crippen LogP) is 2.47. The largest absolute Gasteiger partial charge is 0.299 e. The highest BCUT2D eigenvalue weighted by atomic mass is 19.1. The normalized spacial score (nSPS) is 16.0. The lowest BCUT2D eigenvalue weighted by molar-refractivity contribution is -0.125. The molecule has 0 bridgehead atoms. The highest BCUT2D eigenvalue weighted by molar-refractivity contribution is 5.88. The average molecular weight is 396 g/mol. The van der Waals surface area contributed by atoms with E-state index in [9.17, 15) is 9.18 Å². The SMILES string of the molecule is CN(C)N1CCC(C(=O)Cc2cc3cc(-c4cn(C)nn4)cc(F)c3cn2)CC1. The van der Waals surface area contributed by atoms with Gasteiger partial charge >= 0.3 is 0 Å². The molecule has 0 radical (unpaired) electrons. The topological polar surface area (TPSA) is 67.2 Å². The Morgan fingerprint density at radius 3 is 2.66 bits per heavy atom. The Balaban J connectivity index is 1.53. The first-order chi connectivity index (χ1) is 13.9. The lowest BCUT2D eigenvalue weighted by Crippen LogP contribution is -2.44. The molecule has 1 aliphatic rings. The van der Waals surface area contributed by atoms with Gasteiger partial charge in [0.1, 0.15) is 17.3 Å². The lowest BCUT2D eigenvalue weighted by Gasteiger charge is -2.35. The van der Waals surface area contributed by atoms with Crippen LogP contribution in [0.2, 0.25) is 0 Å². The van der Waals surface area contributed by atoms with Crippen LogP contribution in [0.4, 0.5) is 4.39 Å². The first-order valence-corrected chi connectivity index (χ1v) is 9.80. The number of pyridine rings is 1. The van der Waals surface area contributed by atoms with E-state index in [0.29, 0.717) is 27.7 Å². The van der Waals surface area contributed by atoms with Gasteiger partial charge in [-0.05, 0) is 36.4 Å². The summed E-state index contributed by atoms with van der Waals surface area (Å²) in [7, 11) is 5.82. The monoisotopic (exact) mass is 396 g/mol. The lowest BCUT2D eigenvalue weighted by atomic mass is 9.90. The summed E-state index contributed by atoms with van der Waals surface area (Å²) < 4.78 is 16.1. The molecule has 0 aliphatic carbocycles. The summed E-state index contributed by atoms with van der Waals surface area (Å²) in [6, 6.07) is 5.12. The van der Waals surface area contributed by atoms with Crippen LogP contribution >= 0.6 is 0 Å². The molecule has 0 unspecified atom stereocenters. The minimum Gasteiger partial charge on any atom is -0.299 e. The number of aromatic nitrogens is 4. The highest BCUT2D eigenvalue weighted by Gasteiger charge is 2.26. The summed E-state index contributed by atoms with van der Waals surface area (Å²) in [5.41, 5.74) is 1.94. The second kappa shape index (κ2) is 7.96. The molecule has 0 atom stereocenters. The minimum absolute atomic E-state index is 0.0614. The fourth-order valence-corrected chi connectivity index (χ4v) is 3.89. The third-order valence-electron chi connectivity index (χ3n) is 5.59. The number of piperidine rings is 1. The summed E-state index contributed by atoms with van der Waals surface area (Å²) >= 11 is 0. The molecule has 0 amide bonds. The maximum Gasteiger partial charge on any atom is 0.142 e. The Labute approximate surface area is 169 Å². The smallest absolute Gasteiger partial charge is 0.142 e. The summed E-state index contributed by atoms with van der Waals surface area (Å²) in [6.07, 6.45) is 5.25. The number of aryl methyl sites for hydroxylation is 1. The quantitative estimate of drug-likeness (QED) is 0.660. The molecule has 8 heteroatoms. The fraction of sp³-hybridized carbons (Fsp3) is 0.429. The van der Waals surface area contributed by atoms with Crippen molar-refractivity contribution in [3.05, 3.63) is 42.1 Å². The number of carbonyl (C=O) groups is 1. The zero-order chi connectivity index (χ0) is 20.5. The number of benzene rings is 1. The number of halogens is 1. The molecular formula is C21H25FN6O. The molecule has 3 heterocycles. The molecule has 1 saturated heterocycles. The third-order valence-corrected chi connectivity index (χ3v) is 5.59. The van der Waals surface area contributed by atoms with Gasteiger partial charge in [-0.25, -0.2) is 14.4 Å². The van der Waals surface area contributed by atoms with Gasteiger partial charge in [-0.1, -0.05) is 5.21 Å². The molecule has 0 saturated carbocycles. The van der Waals surface area contributed by atoms with Gasteiger partial charge in [-0.15, -0.1) is 5.10 Å². The van der Waals surface area contributed by atoms with Crippen LogP contribution in [0.25, 0.3) is 22.0 Å². The molecule has 4 rings (SSSR count). The van der Waals surface area contributed by atoms with Crippen molar-refractivity contribution in [2.45, 2.75) is 19.3 Å². The Morgan fingerprint density at radius 1 is 1.24 bits per heavy atom. The number of nitrogens with zero attached hydrogens (tertiary/aromatic N) is 6. The number of fused-ring (bicyclic) bond motifs is 1. The molecular weight excluding hydrogens is 371 g/mol. The van der Waals surface area contributed by atoms with Gasteiger partial charge in [0, 0.05) is 69.4 Å². The number of hydrogen-bond donors (Lipinski definition) is 0. The van der Waals surface area contributed by atoms with Crippen LogP contribution in [0.15, 0.2) is 30.6 Å². The molecule has 1 aromatic carbocycles. The van der Waals surface area contributed by atoms with Crippen LogP contribution in [0.3, 0.4) is 0 Å².